The molecule has 0 aliphatic rings. The van der Waals surface area contributed by atoms with Crippen molar-refractivity contribution in [1.29, 1.82) is 0 Å². The van der Waals surface area contributed by atoms with Gasteiger partial charge in [0.15, 0.2) is 0 Å². The molecule has 0 bridgehead atoms. The fourth-order valence-electron chi connectivity index (χ4n) is 1.73. The Morgan fingerprint density at radius 1 is 1.18 bits per heavy atom. The van der Waals surface area contributed by atoms with Gasteiger partial charge in [0.1, 0.15) is 17.3 Å². The summed E-state index contributed by atoms with van der Waals surface area (Å²) in [5.74, 6) is 1.00. The van der Waals surface area contributed by atoms with Gasteiger partial charge in [0, 0.05) is 10.8 Å². The minimum atomic E-state index is -1.19. The molecular weight excluding hydrogens is 308 g/mol. The van der Waals surface area contributed by atoms with E-state index in [-0.39, 0.29) is 11.5 Å². The van der Waals surface area contributed by atoms with E-state index >= 15 is 0 Å². The largest absolute Gasteiger partial charge is 0.497 e. The fraction of sp³-hybridized carbons (Fsp3) is 0.267. The number of hydrogen-bond donors (Lipinski definition) is 1. The van der Waals surface area contributed by atoms with Gasteiger partial charge in [-0.05, 0) is 36.4 Å². The molecule has 1 atom stereocenters. The number of carboxylic acid groups (broad SMARTS) is 1. The average molecular weight is 324 g/mol. The quantitative estimate of drug-likeness (QED) is 0.802. The lowest BCUT2D eigenvalue weighted by molar-refractivity contribution is 0.0660. The summed E-state index contributed by atoms with van der Waals surface area (Å²) in [5.41, 5.74) is 0. The number of hydrogen-bond acceptors (Lipinski definition) is 5. The normalized spacial score (nSPS) is 11.9. The highest BCUT2D eigenvalue weighted by molar-refractivity contribution is 7.84. The first-order chi connectivity index (χ1) is 10.6. The molecule has 0 aliphatic heterocycles. The Bertz CT molecular complexity index is 646. The van der Waals surface area contributed by atoms with Crippen LogP contribution in [0.15, 0.2) is 40.8 Å². The lowest BCUT2D eigenvalue weighted by Gasteiger charge is -2.06. The molecule has 0 spiro atoms. The first-order valence-corrected chi connectivity index (χ1v) is 8.01. The average Bonchev–Trinajstić information content (AvgIpc) is 2.96. The van der Waals surface area contributed by atoms with Crippen LogP contribution in [0.25, 0.3) is 0 Å². The molecule has 22 heavy (non-hydrogen) atoms. The molecule has 1 unspecified atom stereocenters. The van der Waals surface area contributed by atoms with Crippen LogP contribution in [0.3, 0.4) is 0 Å². The zero-order chi connectivity index (χ0) is 15.9. The molecule has 1 heterocycles. The van der Waals surface area contributed by atoms with Crippen molar-refractivity contribution in [1.82, 2.24) is 0 Å². The maximum Gasteiger partial charge on any atom is 0.371 e. The van der Waals surface area contributed by atoms with Gasteiger partial charge >= 0.3 is 5.97 Å². The highest BCUT2D eigenvalue weighted by atomic mass is 32.2. The highest BCUT2D eigenvalue weighted by Gasteiger charge is 2.11. The monoisotopic (exact) mass is 324 g/mol. The van der Waals surface area contributed by atoms with Gasteiger partial charge in [-0.25, -0.2) is 4.79 Å². The first-order valence-electron chi connectivity index (χ1n) is 6.52. The van der Waals surface area contributed by atoms with Crippen LogP contribution in [0, 0.1) is 0 Å². The van der Waals surface area contributed by atoms with Crippen molar-refractivity contribution in [3.63, 3.8) is 0 Å². The van der Waals surface area contributed by atoms with Crippen LogP contribution in [0.4, 0.5) is 0 Å². The molecular formula is C15H16O6S. The zero-order valence-electron chi connectivity index (χ0n) is 12.0. The smallest absolute Gasteiger partial charge is 0.371 e. The summed E-state index contributed by atoms with van der Waals surface area (Å²) < 4.78 is 27.5. The number of benzene rings is 1. The van der Waals surface area contributed by atoms with Crippen LogP contribution in [-0.2, 0) is 16.6 Å². The van der Waals surface area contributed by atoms with Gasteiger partial charge in [0.2, 0.25) is 5.76 Å². The molecule has 0 saturated heterocycles. The van der Waals surface area contributed by atoms with E-state index in [0.717, 1.165) is 5.75 Å². The number of rotatable bonds is 8. The molecule has 0 radical (unpaired) electrons. The summed E-state index contributed by atoms with van der Waals surface area (Å²) in [7, 11) is 0.400. The summed E-state index contributed by atoms with van der Waals surface area (Å²) in [6.45, 7) is 0.297. The lowest BCUT2D eigenvalue weighted by atomic mass is 10.3. The Morgan fingerprint density at radius 2 is 1.86 bits per heavy atom. The van der Waals surface area contributed by atoms with Crippen LogP contribution >= 0.6 is 0 Å². The third kappa shape index (κ3) is 4.63. The molecule has 118 valence electrons. The predicted molar refractivity (Wildman–Crippen MR) is 80.9 cm³/mol. The molecule has 0 saturated carbocycles. The van der Waals surface area contributed by atoms with Crippen molar-refractivity contribution in [2.75, 3.05) is 19.5 Å². The SMILES string of the molecule is COc1ccc(OCCS(=O)Cc2ccc(C(=O)O)o2)cc1. The number of carbonyl (C=O) groups is 1. The fourth-order valence-corrected chi connectivity index (χ4v) is 2.61. The number of methoxy groups -OCH3 is 1. The van der Waals surface area contributed by atoms with E-state index in [4.69, 9.17) is 19.0 Å². The third-order valence-corrected chi connectivity index (χ3v) is 4.04. The van der Waals surface area contributed by atoms with Crippen LogP contribution in [0.2, 0.25) is 0 Å². The van der Waals surface area contributed by atoms with Crippen molar-refractivity contribution in [3.05, 3.63) is 47.9 Å². The van der Waals surface area contributed by atoms with Crippen molar-refractivity contribution < 1.29 is 28.0 Å². The summed E-state index contributed by atoms with van der Waals surface area (Å²) in [5, 5.41) is 8.74. The first kappa shape index (κ1) is 16.1. The van der Waals surface area contributed by atoms with Crippen molar-refractivity contribution in [2.24, 2.45) is 0 Å². The lowest BCUT2D eigenvalue weighted by Crippen LogP contribution is -2.09. The molecule has 1 N–H and O–H groups in total. The Kier molecular flexibility index (Phi) is 5.60. The van der Waals surface area contributed by atoms with Crippen molar-refractivity contribution in [2.45, 2.75) is 5.75 Å². The highest BCUT2D eigenvalue weighted by Crippen LogP contribution is 2.17. The molecule has 7 heteroatoms. The summed E-state index contributed by atoms with van der Waals surface area (Å²) >= 11 is 0. The van der Waals surface area contributed by atoms with Crippen molar-refractivity contribution >= 4 is 16.8 Å². The van der Waals surface area contributed by atoms with E-state index in [1.807, 2.05) is 0 Å². The van der Waals surface area contributed by atoms with Gasteiger partial charge in [-0.2, -0.15) is 0 Å². The third-order valence-electron chi connectivity index (χ3n) is 2.81. The second-order valence-corrected chi connectivity index (χ2v) is 5.96. The standard InChI is InChI=1S/C15H16O6S/c1-19-11-2-4-12(5-3-11)20-8-9-22(18)10-13-6-7-14(21-13)15(16)17/h2-7H,8-10H2,1H3,(H,16,17). The van der Waals surface area contributed by atoms with Gasteiger partial charge in [-0.1, -0.05) is 0 Å². The Labute approximate surface area is 130 Å². The maximum absolute atomic E-state index is 11.9. The maximum atomic E-state index is 11.9. The van der Waals surface area contributed by atoms with E-state index in [2.05, 4.69) is 0 Å². The zero-order valence-corrected chi connectivity index (χ0v) is 12.8. The number of furan rings is 1. The molecule has 0 amide bonds. The van der Waals surface area contributed by atoms with E-state index in [9.17, 15) is 9.00 Å². The van der Waals surface area contributed by atoms with E-state index < -0.39 is 16.8 Å². The van der Waals surface area contributed by atoms with Gasteiger partial charge in [-0.15, -0.1) is 0 Å². The van der Waals surface area contributed by atoms with Gasteiger partial charge in [0.25, 0.3) is 0 Å². The van der Waals surface area contributed by atoms with Crippen LogP contribution < -0.4 is 9.47 Å². The predicted octanol–water partition coefficient (Wildman–Crippen LogP) is 2.31. The number of aromatic carboxylic acids is 1. The molecule has 2 rings (SSSR count). The van der Waals surface area contributed by atoms with E-state index in [0.29, 0.717) is 23.9 Å². The van der Waals surface area contributed by atoms with Gasteiger partial charge in [-0.3, -0.25) is 4.21 Å². The molecule has 2 aromatic rings. The topological polar surface area (TPSA) is 86.0 Å². The summed E-state index contributed by atoms with van der Waals surface area (Å²) in [4.78, 5) is 10.7. The molecule has 1 aromatic carbocycles. The number of ether oxygens (including phenoxy) is 2. The van der Waals surface area contributed by atoms with Crippen LogP contribution in [0.1, 0.15) is 16.3 Å². The Hall–Kier alpha value is -2.28. The molecule has 1 aromatic heterocycles. The van der Waals surface area contributed by atoms with Crippen LogP contribution in [-0.4, -0.2) is 34.8 Å². The van der Waals surface area contributed by atoms with Crippen LogP contribution in [0.5, 0.6) is 11.5 Å². The second-order valence-electron chi connectivity index (χ2n) is 4.38. The number of carboxylic acids is 1. The van der Waals surface area contributed by atoms with E-state index in [1.165, 1.54) is 12.1 Å². The summed E-state index contributed by atoms with van der Waals surface area (Å²) in [6.07, 6.45) is 0. The summed E-state index contributed by atoms with van der Waals surface area (Å²) in [6, 6.07) is 9.97. The molecule has 6 nitrogen and oxygen atoms in total. The van der Waals surface area contributed by atoms with Gasteiger partial charge in [0.05, 0.1) is 25.2 Å². The Morgan fingerprint density at radius 3 is 2.45 bits per heavy atom. The van der Waals surface area contributed by atoms with E-state index in [1.54, 1.807) is 31.4 Å². The Balaban J connectivity index is 1.76. The minimum Gasteiger partial charge on any atom is -0.497 e. The second kappa shape index (κ2) is 7.65. The minimum absolute atomic E-state index is 0.151. The molecule has 0 fully saturated rings. The molecule has 0 aliphatic carbocycles. The van der Waals surface area contributed by atoms with Crippen molar-refractivity contribution in [3.8, 4) is 11.5 Å². The van der Waals surface area contributed by atoms with Gasteiger partial charge < -0.3 is 19.0 Å².